The van der Waals surface area contributed by atoms with E-state index in [1.165, 1.54) is 51.0 Å². The summed E-state index contributed by atoms with van der Waals surface area (Å²) in [5, 5.41) is 4.30. The minimum atomic E-state index is 0.479. The molecule has 2 fully saturated rings. The van der Waals surface area contributed by atoms with E-state index in [1.54, 1.807) is 6.26 Å². The van der Waals surface area contributed by atoms with Crippen LogP contribution in [0.3, 0.4) is 0 Å². The third-order valence-electron chi connectivity index (χ3n) is 5.38. The standard InChI is InChI=1S/C18H26N4O/c1-20-11-16(10-19-20)12-21-7-3-5-18(14-21)6-8-22(15-18)13-17-4-2-9-23-17/h2,4,9-11H,3,5-8,12-15H2,1H3. The van der Waals surface area contributed by atoms with E-state index in [4.69, 9.17) is 4.42 Å². The number of nitrogens with zero attached hydrogens (tertiary/aromatic N) is 4. The summed E-state index contributed by atoms with van der Waals surface area (Å²) in [7, 11) is 1.99. The number of aryl methyl sites for hydroxylation is 1. The average Bonchev–Trinajstić information content (AvgIpc) is 3.24. The van der Waals surface area contributed by atoms with Gasteiger partial charge in [-0.2, -0.15) is 5.10 Å². The normalized spacial score (nSPS) is 26.3. The lowest BCUT2D eigenvalue weighted by atomic mass is 9.79. The van der Waals surface area contributed by atoms with Gasteiger partial charge in [-0.1, -0.05) is 0 Å². The van der Waals surface area contributed by atoms with E-state index in [1.807, 2.05) is 24.0 Å². The fourth-order valence-electron chi connectivity index (χ4n) is 4.38. The van der Waals surface area contributed by atoms with Crippen LogP contribution in [-0.4, -0.2) is 45.8 Å². The van der Waals surface area contributed by atoms with Gasteiger partial charge in [0.25, 0.3) is 0 Å². The van der Waals surface area contributed by atoms with Crippen molar-refractivity contribution in [3.05, 3.63) is 42.1 Å². The van der Waals surface area contributed by atoms with Crippen molar-refractivity contribution in [1.82, 2.24) is 19.6 Å². The number of aromatic nitrogens is 2. The Morgan fingerprint density at radius 3 is 2.78 bits per heavy atom. The van der Waals surface area contributed by atoms with Gasteiger partial charge in [0.05, 0.1) is 19.0 Å². The maximum atomic E-state index is 5.51. The zero-order valence-corrected chi connectivity index (χ0v) is 13.9. The number of piperidine rings is 1. The zero-order valence-electron chi connectivity index (χ0n) is 13.9. The zero-order chi connectivity index (χ0) is 15.7. The second-order valence-corrected chi connectivity index (χ2v) is 7.38. The van der Waals surface area contributed by atoms with Crippen molar-refractivity contribution >= 4 is 0 Å². The van der Waals surface area contributed by atoms with Gasteiger partial charge in [0.15, 0.2) is 0 Å². The molecule has 2 aromatic rings. The molecule has 1 unspecified atom stereocenters. The summed E-state index contributed by atoms with van der Waals surface area (Å²) < 4.78 is 7.41. The molecule has 5 heteroatoms. The molecule has 124 valence electrons. The molecule has 2 aliphatic heterocycles. The monoisotopic (exact) mass is 314 g/mol. The Balaban J connectivity index is 1.37. The van der Waals surface area contributed by atoms with Crippen LogP contribution >= 0.6 is 0 Å². The number of hydrogen-bond acceptors (Lipinski definition) is 4. The summed E-state index contributed by atoms with van der Waals surface area (Å²) >= 11 is 0. The third kappa shape index (κ3) is 3.35. The van der Waals surface area contributed by atoms with Crippen LogP contribution in [0.5, 0.6) is 0 Å². The molecule has 0 bridgehead atoms. The van der Waals surface area contributed by atoms with Crippen LogP contribution in [0.15, 0.2) is 35.2 Å². The largest absolute Gasteiger partial charge is 0.468 e. The first kappa shape index (κ1) is 15.0. The molecule has 1 atom stereocenters. The smallest absolute Gasteiger partial charge is 0.117 e. The Hall–Kier alpha value is -1.59. The molecular weight excluding hydrogens is 288 g/mol. The molecule has 0 radical (unpaired) electrons. The summed E-state index contributed by atoms with van der Waals surface area (Å²) in [6, 6.07) is 4.07. The van der Waals surface area contributed by atoms with Gasteiger partial charge in [0.2, 0.25) is 0 Å². The van der Waals surface area contributed by atoms with E-state index in [0.717, 1.165) is 18.8 Å². The third-order valence-corrected chi connectivity index (χ3v) is 5.38. The fourth-order valence-corrected chi connectivity index (χ4v) is 4.38. The van der Waals surface area contributed by atoms with Crippen LogP contribution in [0.4, 0.5) is 0 Å². The number of rotatable bonds is 4. The van der Waals surface area contributed by atoms with Crippen molar-refractivity contribution < 1.29 is 4.42 Å². The minimum Gasteiger partial charge on any atom is -0.468 e. The average molecular weight is 314 g/mol. The predicted octanol–water partition coefficient (Wildman–Crippen LogP) is 2.50. The van der Waals surface area contributed by atoms with E-state index < -0.39 is 0 Å². The molecule has 0 N–H and O–H groups in total. The minimum absolute atomic E-state index is 0.479. The fraction of sp³-hybridized carbons (Fsp3) is 0.611. The summed E-state index contributed by atoms with van der Waals surface area (Å²) in [5.74, 6) is 1.09. The highest BCUT2D eigenvalue weighted by atomic mass is 16.3. The number of likely N-dealkylation sites (tertiary alicyclic amines) is 2. The van der Waals surface area contributed by atoms with Crippen LogP contribution in [0.1, 0.15) is 30.6 Å². The summed E-state index contributed by atoms with van der Waals surface area (Å²) in [6.07, 6.45) is 9.91. The van der Waals surface area contributed by atoms with Gasteiger partial charge in [0.1, 0.15) is 5.76 Å². The molecule has 2 saturated heterocycles. The Kier molecular flexibility index (Phi) is 3.99. The van der Waals surface area contributed by atoms with Crippen molar-refractivity contribution in [2.24, 2.45) is 12.5 Å². The van der Waals surface area contributed by atoms with Crippen LogP contribution in [0.2, 0.25) is 0 Å². The van der Waals surface area contributed by atoms with Crippen LogP contribution in [0.25, 0.3) is 0 Å². The molecule has 23 heavy (non-hydrogen) atoms. The van der Waals surface area contributed by atoms with E-state index in [-0.39, 0.29) is 0 Å². The van der Waals surface area contributed by atoms with Crippen LogP contribution in [0, 0.1) is 5.41 Å². The molecule has 0 aliphatic carbocycles. The Morgan fingerprint density at radius 1 is 1.17 bits per heavy atom. The van der Waals surface area contributed by atoms with E-state index in [0.29, 0.717) is 5.41 Å². The van der Waals surface area contributed by atoms with Gasteiger partial charge in [0, 0.05) is 38.4 Å². The number of hydrogen-bond donors (Lipinski definition) is 0. The van der Waals surface area contributed by atoms with Gasteiger partial charge in [-0.05, 0) is 49.9 Å². The Morgan fingerprint density at radius 2 is 2.04 bits per heavy atom. The molecule has 2 aliphatic rings. The lowest BCUT2D eigenvalue weighted by Gasteiger charge is -2.40. The van der Waals surface area contributed by atoms with E-state index in [9.17, 15) is 0 Å². The van der Waals surface area contributed by atoms with Gasteiger partial charge < -0.3 is 4.42 Å². The summed E-state index contributed by atoms with van der Waals surface area (Å²) in [6.45, 7) is 6.83. The van der Waals surface area contributed by atoms with Crippen LogP contribution in [-0.2, 0) is 20.1 Å². The predicted molar refractivity (Wildman–Crippen MR) is 88.8 cm³/mol. The second kappa shape index (κ2) is 6.13. The molecule has 4 heterocycles. The highest BCUT2D eigenvalue weighted by Crippen LogP contribution is 2.39. The maximum Gasteiger partial charge on any atom is 0.117 e. The highest BCUT2D eigenvalue weighted by molar-refractivity contribution is 5.05. The number of furan rings is 1. The molecule has 0 aromatic carbocycles. The van der Waals surface area contributed by atoms with Crippen LogP contribution < -0.4 is 0 Å². The topological polar surface area (TPSA) is 37.4 Å². The van der Waals surface area contributed by atoms with E-state index in [2.05, 4.69) is 27.2 Å². The second-order valence-electron chi connectivity index (χ2n) is 7.38. The van der Waals surface area contributed by atoms with Crippen molar-refractivity contribution in [2.75, 3.05) is 26.2 Å². The lowest BCUT2D eigenvalue weighted by molar-refractivity contribution is 0.0858. The molecule has 2 aromatic heterocycles. The summed E-state index contributed by atoms with van der Waals surface area (Å²) in [5.41, 5.74) is 1.81. The SMILES string of the molecule is Cn1cc(CN2CCCC3(CCN(Cc4ccco4)C3)C2)cn1. The van der Waals surface area contributed by atoms with Gasteiger partial charge in [-0.3, -0.25) is 14.5 Å². The van der Waals surface area contributed by atoms with Gasteiger partial charge >= 0.3 is 0 Å². The van der Waals surface area contributed by atoms with Crippen molar-refractivity contribution in [3.63, 3.8) is 0 Å². The van der Waals surface area contributed by atoms with Crippen molar-refractivity contribution in [1.29, 1.82) is 0 Å². The first-order valence-corrected chi connectivity index (χ1v) is 8.65. The van der Waals surface area contributed by atoms with Crippen molar-refractivity contribution in [3.8, 4) is 0 Å². The molecule has 4 rings (SSSR count). The first-order chi connectivity index (χ1) is 11.2. The van der Waals surface area contributed by atoms with E-state index >= 15 is 0 Å². The molecule has 0 saturated carbocycles. The maximum absolute atomic E-state index is 5.51. The van der Waals surface area contributed by atoms with Gasteiger partial charge in [-0.15, -0.1) is 0 Å². The van der Waals surface area contributed by atoms with Gasteiger partial charge in [-0.25, -0.2) is 0 Å². The molecule has 0 amide bonds. The quantitative estimate of drug-likeness (QED) is 0.869. The molecule has 5 nitrogen and oxygen atoms in total. The Labute approximate surface area is 137 Å². The molecular formula is C18H26N4O. The lowest BCUT2D eigenvalue weighted by Crippen LogP contribution is -2.44. The molecule has 1 spiro atoms. The van der Waals surface area contributed by atoms with Crippen molar-refractivity contribution in [2.45, 2.75) is 32.4 Å². The summed E-state index contributed by atoms with van der Waals surface area (Å²) in [4.78, 5) is 5.18. The first-order valence-electron chi connectivity index (χ1n) is 8.65. The Bertz CT molecular complexity index is 635. The highest BCUT2D eigenvalue weighted by Gasteiger charge is 2.41.